The summed E-state index contributed by atoms with van der Waals surface area (Å²) in [6.07, 6.45) is 2.39. The number of hydrogen-bond donors (Lipinski definition) is 3. The first-order valence-corrected chi connectivity index (χ1v) is 10.5. The molecule has 2 aromatic carbocycles. The molecule has 1 aliphatic rings. The SMILES string of the molecule is CCc1ccc(NC(=O)[C@H](NC(=O)[C@@H]2Cc3ccccc3CN2)[C@@H](C)CC)cc1. The van der Waals surface area contributed by atoms with Gasteiger partial charge < -0.3 is 16.0 Å². The zero-order chi connectivity index (χ0) is 20.8. The van der Waals surface area contributed by atoms with E-state index < -0.39 is 6.04 Å². The molecule has 3 rings (SSSR count). The van der Waals surface area contributed by atoms with Gasteiger partial charge in [0.05, 0.1) is 6.04 Å². The Bertz CT molecular complexity index is 847. The molecule has 1 aliphatic heterocycles. The van der Waals surface area contributed by atoms with Gasteiger partial charge in [-0.3, -0.25) is 9.59 Å². The molecule has 0 saturated carbocycles. The Morgan fingerprint density at radius 3 is 2.41 bits per heavy atom. The van der Waals surface area contributed by atoms with Crippen LogP contribution in [0.15, 0.2) is 48.5 Å². The second kappa shape index (κ2) is 9.70. The monoisotopic (exact) mass is 393 g/mol. The second-order valence-corrected chi connectivity index (χ2v) is 7.82. The lowest BCUT2D eigenvalue weighted by Crippen LogP contribution is -2.55. The quantitative estimate of drug-likeness (QED) is 0.675. The smallest absolute Gasteiger partial charge is 0.247 e. The van der Waals surface area contributed by atoms with Crippen molar-refractivity contribution in [3.05, 3.63) is 65.2 Å². The molecule has 0 unspecified atom stereocenters. The third-order valence-electron chi connectivity index (χ3n) is 5.82. The van der Waals surface area contributed by atoms with E-state index in [4.69, 9.17) is 0 Å². The summed E-state index contributed by atoms with van der Waals surface area (Å²) in [6.45, 7) is 6.79. The standard InChI is InChI=1S/C24H31N3O2/c1-4-16(3)22(24(29)26-20-12-10-17(5-2)11-13-20)27-23(28)21-14-18-8-6-7-9-19(18)15-25-21/h6-13,16,21-22,25H,4-5,14-15H2,1-3H3,(H,26,29)(H,27,28)/t16-,21-,22+/m0/s1. The highest BCUT2D eigenvalue weighted by Crippen LogP contribution is 2.18. The lowest BCUT2D eigenvalue weighted by molar-refractivity contribution is -0.129. The average molecular weight is 394 g/mol. The third-order valence-corrected chi connectivity index (χ3v) is 5.82. The molecule has 2 amide bonds. The van der Waals surface area contributed by atoms with Gasteiger partial charge in [-0.2, -0.15) is 0 Å². The van der Waals surface area contributed by atoms with Crippen LogP contribution in [-0.2, 0) is 29.0 Å². The molecule has 5 heteroatoms. The molecule has 0 aromatic heterocycles. The molecule has 5 nitrogen and oxygen atoms in total. The maximum Gasteiger partial charge on any atom is 0.247 e. The van der Waals surface area contributed by atoms with Crippen LogP contribution in [0.4, 0.5) is 5.69 Å². The van der Waals surface area contributed by atoms with Crippen LogP contribution in [-0.4, -0.2) is 23.9 Å². The Morgan fingerprint density at radius 2 is 1.76 bits per heavy atom. The number of hydrogen-bond acceptors (Lipinski definition) is 3. The predicted octanol–water partition coefficient (Wildman–Crippen LogP) is 3.43. The molecular formula is C24H31N3O2. The number of benzene rings is 2. The Morgan fingerprint density at radius 1 is 1.07 bits per heavy atom. The largest absolute Gasteiger partial charge is 0.343 e. The lowest BCUT2D eigenvalue weighted by Gasteiger charge is -2.29. The Kier molecular flexibility index (Phi) is 7.04. The van der Waals surface area contributed by atoms with E-state index in [2.05, 4.69) is 35.0 Å². The fourth-order valence-corrected chi connectivity index (χ4v) is 3.64. The number of nitrogens with one attached hydrogen (secondary N) is 3. The van der Waals surface area contributed by atoms with Crippen LogP contribution in [0, 0.1) is 5.92 Å². The van der Waals surface area contributed by atoms with Gasteiger partial charge in [0.15, 0.2) is 0 Å². The van der Waals surface area contributed by atoms with E-state index in [1.165, 1.54) is 16.7 Å². The average Bonchev–Trinajstić information content (AvgIpc) is 2.76. The normalized spacial score (nSPS) is 17.7. The number of rotatable bonds is 7. The van der Waals surface area contributed by atoms with Gasteiger partial charge >= 0.3 is 0 Å². The highest BCUT2D eigenvalue weighted by atomic mass is 16.2. The van der Waals surface area contributed by atoms with Gasteiger partial charge in [0.25, 0.3) is 0 Å². The number of carbonyl (C=O) groups is 2. The first-order valence-electron chi connectivity index (χ1n) is 10.5. The number of aryl methyl sites for hydroxylation is 1. The maximum absolute atomic E-state index is 12.9. The molecule has 1 heterocycles. The van der Waals surface area contributed by atoms with Gasteiger partial charge in [-0.1, -0.05) is 63.6 Å². The van der Waals surface area contributed by atoms with Crippen molar-refractivity contribution in [3.8, 4) is 0 Å². The predicted molar refractivity (Wildman–Crippen MR) is 117 cm³/mol. The fourth-order valence-electron chi connectivity index (χ4n) is 3.64. The molecule has 0 aliphatic carbocycles. The van der Waals surface area contributed by atoms with Crippen molar-refractivity contribution in [2.45, 2.75) is 58.7 Å². The highest BCUT2D eigenvalue weighted by Gasteiger charge is 2.30. The van der Waals surface area contributed by atoms with Crippen molar-refractivity contribution in [1.82, 2.24) is 10.6 Å². The molecule has 2 aromatic rings. The summed E-state index contributed by atoms with van der Waals surface area (Å²) in [5.74, 6) is -0.265. The minimum Gasteiger partial charge on any atom is -0.343 e. The van der Waals surface area contributed by atoms with Crippen LogP contribution in [0.3, 0.4) is 0 Å². The van der Waals surface area contributed by atoms with Crippen LogP contribution in [0.1, 0.15) is 43.9 Å². The van der Waals surface area contributed by atoms with Gasteiger partial charge in [0.2, 0.25) is 11.8 Å². The van der Waals surface area contributed by atoms with E-state index in [0.717, 1.165) is 18.5 Å². The van der Waals surface area contributed by atoms with E-state index in [-0.39, 0.29) is 23.8 Å². The van der Waals surface area contributed by atoms with Crippen molar-refractivity contribution < 1.29 is 9.59 Å². The van der Waals surface area contributed by atoms with Crippen molar-refractivity contribution >= 4 is 17.5 Å². The van der Waals surface area contributed by atoms with Gasteiger partial charge in [-0.25, -0.2) is 0 Å². The summed E-state index contributed by atoms with van der Waals surface area (Å²) in [4.78, 5) is 25.9. The topological polar surface area (TPSA) is 70.2 Å². The lowest BCUT2D eigenvalue weighted by atomic mass is 9.94. The summed E-state index contributed by atoms with van der Waals surface area (Å²) in [5, 5.41) is 9.25. The van der Waals surface area contributed by atoms with Gasteiger partial charge in [-0.15, -0.1) is 0 Å². The molecule has 29 heavy (non-hydrogen) atoms. The Labute approximate surface area is 173 Å². The first kappa shape index (κ1) is 21.1. The van der Waals surface area contributed by atoms with Gasteiger partial charge in [0, 0.05) is 12.2 Å². The van der Waals surface area contributed by atoms with E-state index in [1.54, 1.807) is 0 Å². The Hall–Kier alpha value is -2.66. The third kappa shape index (κ3) is 5.24. The molecule has 0 spiro atoms. The first-order chi connectivity index (χ1) is 14.0. The molecule has 3 N–H and O–H groups in total. The van der Waals surface area contributed by atoms with Gasteiger partial charge in [0.1, 0.15) is 6.04 Å². The molecule has 0 radical (unpaired) electrons. The second-order valence-electron chi connectivity index (χ2n) is 7.82. The van der Waals surface area contributed by atoms with Crippen molar-refractivity contribution in [2.75, 3.05) is 5.32 Å². The Balaban J connectivity index is 1.66. The van der Waals surface area contributed by atoms with Gasteiger partial charge in [-0.05, 0) is 47.6 Å². The summed E-state index contributed by atoms with van der Waals surface area (Å²) in [6, 6.07) is 15.1. The number of amides is 2. The summed E-state index contributed by atoms with van der Waals surface area (Å²) >= 11 is 0. The van der Waals surface area contributed by atoms with Crippen molar-refractivity contribution in [2.24, 2.45) is 5.92 Å². The minimum atomic E-state index is -0.572. The molecule has 0 bridgehead atoms. The van der Waals surface area contributed by atoms with E-state index >= 15 is 0 Å². The van der Waals surface area contributed by atoms with E-state index in [0.29, 0.717) is 13.0 Å². The summed E-state index contributed by atoms with van der Waals surface area (Å²) in [7, 11) is 0. The minimum absolute atomic E-state index is 0.0322. The van der Waals surface area contributed by atoms with Crippen molar-refractivity contribution in [1.29, 1.82) is 0 Å². The number of anilines is 1. The zero-order valence-corrected chi connectivity index (χ0v) is 17.5. The summed E-state index contributed by atoms with van der Waals surface area (Å²) in [5.41, 5.74) is 4.38. The van der Waals surface area contributed by atoms with Crippen LogP contribution in [0.25, 0.3) is 0 Å². The maximum atomic E-state index is 12.9. The highest BCUT2D eigenvalue weighted by molar-refractivity contribution is 5.98. The molecule has 3 atom stereocenters. The summed E-state index contributed by atoms with van der Waals surface area (Å²) < 4.78 is 0. The van der Waals surface area contributed by atoms with Crippen LogP contribution >= 0.6 is 0 Å². The van der Waals surface area contributed by atoms with E-state index in [1.807, 2.05) is 50.2 Å². The van der Waals surface area contributed by atoms with Crippen LogP contribution in [0.2, 0.25) is 0 Å². The zero-order valence-electron chi connectivity index (χ0n) is 17.5. The number of carbonyl (C=O) groups excluding carboxylic acids is 2. The van der Waals surface area contributed by atoms with E-state index in [9.17, 15) is 9.59 Å². The molecular weight excluding hydrogens is 362 g/mol. The molecule has 0 fully saturated rings. The van der Waals surface area contributed by atoms with Crippen LogP contribution < -0.4 is 16.0 Å². The van der Waals surface area contributed by atoms with Crippen molar-refractivity contribution in [3.63, 3.8) is 0 Å². The van der Waals surface area contributed by atoms with Crippen LogP contribution in [0.5, 0.6) is 0 Å². The number of fused-ring (bicyclic) bond motifs is 1. The molecule has 154 valence electrons. The molecule has 0 saturated heterocycles. The fraction of sp³-hybridized carbons (Fsp3) is 0.417.